The average molecular weight is 257 g/mol. The zero-order valence-electron chi connectivity index (χ0n) is 11.7. The largest absolute Gasteiger partial charge is 0.481 e. The van der Waals surface area contributed by atoms with Gasteiger partial charge in [-0.1, -0.05) is 13.8 Å². The summed E-state index contributed by atoms with van der Waals surface area (Å²) in [6, 6.07) is 0. The first-order chi connectivity index (χ1) is 8.33. The standard InChI is InChI=1S/C14H27NO3/c1-13(2)6-8-14(18,9-7-13)11-15-10-4-3-5-12(16)17/h15,18H,3-11H2,1-2H3,(H,16,17). The summed E-state index contributed by atoms with van der Waals surface area (Å²) in [6.45, 7) is 5.94. The lowest BCUT2D eigenvalue weighted by Crippen LogP contribution is -2.45. The molecule has 0 amide bonds. The molecule has 4 nitrogen and oxygen atoms in total. The fourth-order valence-corrected chi connectivity index (χ4v) is 2.42. The van der Waals surface area contributed by atoms with E-state index in [0.29, 0.717) is 18.4 Å². The van der Waals surface area contributed by atoms with Crippen molar-refractivity contribution in [3.8, 4) is 0 Å². The molecule has 106 valence electrons. The number of aliphatic carboxylic acids is 1. The highest BCUT2D eigenvalue weighted by molar-refractivity contribution is 5.66. The van der Waals surface area contributed by atoms with Gasteiger partial charge in [-0.15, -0.1) is 0 Å². The molecule has 0 aromatic heterocycles. The summed E-state index contributed by atoms with van der Waals surface area (Å²) in [5.74, 6) is -0.733. The molecule has 0 saturated heterocycles. The molecule has 4 heteroatoms. The Kier molecular flexibility index (Phi) is 5.60. The van der Waals surface area contributed by atoms with E-state index in [-0.39, 0.29) is 6.42 Å². The van der Waals surface area contributed by atoms with Crippen LogP contribution in [0.5, 0.6) is 0 Å². The summed E-state index contributed by atoms with van der Waals surface area (Å²) >= 11 is 0. The number of rotatable bonds is 7. The fourth-order valence-electron chi connectivity index (χ4n) is 2.42. The van der Waals surface area contributed by atoms with Crippen molar-refractivity contribution in [1.82, 2.24) is 5.32 Å². The van der Waals surface area contributed by atoms with Gasteiger partial charge in [-0.25, -0.2) is 0 Å². The summed E-state index contributed by atoms with van der Waals surface area (Å²) in [7, 11) is 0. The number of nitrogens with one attached hydrogen (secondary N) is 1. The Morgan fingerprint density at radius 3 is 2.33 bits per heavy atom. The van der Waals surface area contributed by atoms with Gasteiger partial charge in [0.2, 0.25) is 0 Å². The predicted molar refractivity (Wildman–Crippen MR) is 71.6 cm³/mol. The number of aliphatic hydroxyl groups is 1. The monoisotopic (exact) mass is 257 g/mol. The molecule has 1 rings (SSSR count). The van der Waals surface area contributed by atoms with Gasteiger partial charge in [-0.3, -0.25) is 4.79 Å². The first-order valence-corrected chi connectivity index (χ1v) is 6.98. The summed E-state index contributed by atoms with van der Waals surface area (Å²) in [4.78, 5) is 10.3. The van der Waals surface area contributed by atoms with Crippen molar-refractivity contribution in [1.29, 1.82) is 0 Å². The van der Waals surface area contributed by atoms with E-state index in [1.165, 1.54) is 0 Å². The third-order valence-electron chi connectivity index (χ3n) is 3.98. The van der Waals surface area contributed by atoms with Crippen molar-refractivity contribution in [2.75, 3.05) is 13.1 Å². The van der Waals surface area contributed by atoms with Crippen LogP contribution in [0.1, 0.15) is 58.8 Å². The quantitative estimate of drug-likeness (QED) is 0.611. The van der Waals surface area contributed by atoms with E-state index in [2.05, 4.69) is 19.2 Å². The molecule has 0 bridgehead atoms. The van der Waals surface area contributed by atoms with Crippen molar-refractivity contribution in [3.05, 3.63) is 0 Å². The SMILES string of the molecule is CC1(C)CCC(O)(CNCCCCC(=O)O)CC1. The van der Waals surface area contributed by atoms with Crippen molar-refractivity contribution in [3.63, 3.8) is 0 Å². The fraction of sp³-hybridized carbons (Fsp3) is 0.929. The minimum absolute atomic E-state index is 0.236. The van der Waals surface area contributed by atoms with E-state index >= 15 is 0 Å². The number of carboxylic acid groups (broad SMARTS) is 1. The first kappa shape index (κ1) is 15.4. The second-order valence-electron chi connectivity index (χ2n) is 6.42. The summed E-state index contributed by atoms with van der Waals surface area (Å²) in [6.07, 6.45) is 5.67. The van der Waals surface area contributed by atoms with Crippen LogP contribution in [0.15, 0.2) is 0 Å². The molecule has 1 aliphatic rings. The van der Waals surface area contributed by atoms with Crippen molar-refractivity contribution >= 4 is 5.97 Å². The van der Waals surface area contributed by atoms with Crippen LogP contribution in [0.2, 0.25) is 0 Å². The molecule has 0 radical (unpaired) electrons. The summed E-state index contributed by atoms with van der Waals surface area (Å²) in [5.41, 5.74) is -0.184. The van der Waals surface area contributed by atoms with Gasteiger partial charge in [0.15, 0.2) is 0 Å². The van der Waals surface area contributed by atoms with Crippen LogP contribution in [0.4, 0.5) is 0 Å². The Hall–Kier alpha value is -0.610. The number of hydrogen-bond donors (Lipinski definition) is 3. The van der Waals surface area contributed by atoms with Gasteiger partial charge < -0.3 is 15.5 Å². The van der Waals surface area contributed by atoms with Gasteiger partial charge in [0.25, 0.3) is 0 Å². The molecule has 3 N–H and O–H groups in total. The van der Waals surface area contributed by atoms with Crippen LogP contribution >= 0.6 is 0 Å². The van der Waals surface area contributed by atoms with E-state index < -0.39 is 11.6 Å². The van der Waals surface area contributed by atoms with E-state index in [9.17, 15) is 9.90 Å². The number of carboxylic acids is 1. The predicted octanol–water partition coefficient (Wildman–Crippen LogP) is 2.16. The van der Waals surface area contributed by atoms with E-state index in [1.54, 1.807) is 0 Å². The lowest BCUT2D eigenvalue weighted by molar-refractivity contribution is -0.137. The zero-order valence-corrected chi connectivity index (χ0v) is 11.7. The summed E-state index contributed by atoms with van der Waals surface area (Å²) in [5, 5.41) is 22.1. The molecule has 0 atom stereocenters. The Morgan fingerprint density at radius 1 is 1.17 bits per heavy atom. The molecule has 1 saturated carbocycles. The lowest BCUT2D eigenvalue weighted by Gasteiger charge is -2.40. The van der Waals surface area contributed by atoms with E-state index in [0.717, 1.165) is 38.6 Å². The Balaban J connectivity index is 2.10. The number of carbonyl (C=O) groups is 1. The molecular weight excluding hydrogens is 230 g/mol. The van der Waals surface area contributed by atoms with Crippen LogP contribution in [0.25, 0.3) is 0 Å². The molecule has 0 aliphatic heterocycles. The van der Waals surface area contributed by atoms with E-state index in [1.807, 2.05) is 0 Å². The third kappa shape index (κ3) is 5.83. The minimum Gasteiger partial charge on any atom is -0.481 e. The number of unbranched alkanes of at least 4 members (excludes halogenated alkanes) is 1. The molecule has 0 aromatic carbocycles. The molecule has 0 unspecified atom stereocenters. The van der Waals surface area contributed by atoms with Crippen LogP contribution < -0.4 is 5.32 Å². The van der Waals surface area contributed by atoms with Crippen molar-refractivity contribution in [2.24, 2.45) is 5.41 Å². The van der Waals surface area contributed by atoms with Gasteiger partial charge >= 0.3 is 5.97 Å². The normalized spacial score (nSPS) is 21.7. The van der Waals surface area contributed by atoms with E-state index in [4.69, 9.17) is 5.11 Å². The zero-order chi connectivity index (χ0) is 13.6. The molecule has 18 heavy (non-hydrogen) atoms. The topological polar surface area (TPSA) is 69.6 Å². The van der Waals surface area contributed by atoms with Crippen LogP contribution in [0, 0.1) is 5.41 Å². The molecule has 0 heterocycles. The second kappa shape index (κ2) is 6.53. The first-order valence-electron chi connectivity index (χ1n) is 6.98. The maximum absolute atomic E-state index is 10.4. The lowest BCUT2D eigenvalue weighted by atomic mass is 9.71. The van der Waals surface area contributed by atoms with Crippen LogP contribution in [0.3, 0.4) is 0 Å². The maximum atomic E-state index is 10.4. The minimum atomic E-state index is -0.733. The maximum Gasteiger partial charge on any atom is 0.303 e. The third-order valence-corrected chi connectivity index (χ3v) is 3.98. The smallest absolute Gasteiger partial charge is 0.303 e. The highest BCUT2D eigenvalue weighted by Gasteiger charge is 2.36. The molecule has 1 fully saturated rings. The summed E-state index contributed by atoms with van der Waals surface area (Å²) < 4.78 is 0. The van der Waals surface area contributed by atoms with Gasteiger partial charge in [-0.2, -0.15) is 0 Å². The highest BCUT2D eigenvalue weighted by Crippen LogP contribution is 2.39. The van der Waals surface area contributed by atoms with Gasteiger partial charge in [-0.05, 0) is 50.5 Å². The van der Waals surface area contributed by atoms with Crippen LogP contribution in [-0.2, 0) is 4.79 Å². The van der Waals surface area contributed by atoms with Gasteiger partial charge in [0.1, 0.15) is 0 Å². The number of hydrogen-bond acceptors (Lipinski definition) is 3. The molecule has 0 spiro atoms. The Labute approximate surface area is 110 Å². The van der Waals surface area contributed by atoms with Gasteiger partial charge in [0, 0.05) is 13.0 Å². The average Bonchev–Trinajstić information content (AvgIpc) is 2.28. The molecular formula is C14H27NO3. The molecule has 0 aromatic rings. The van der Waals surface area contributed by atoms with Crippen molar-refractivity contribution < 1.29 is 15.0 Å². The highest BCUT2D eigenvalue weighted by atomic mass is 16.4. The molecule has 1 aliphatic carbocycles. The second-order valence-corrected chi connectivity index (χ2v) is 6.42. The van der Waals surface area contributed by atoms with Crippen LogP contribution in [-0.4, -0.2) is 34.9 Å². The Bertz CT molecular complexity index is 266. The van der Waals surface area contributed by atoms with Crippen molar-refractivity contribution in [2.45, 2.75) is 64.4 Å². The van der Waals surface area contributed by atoms with Gasteiger partial charge in [0.05, 0.1) is 5.60 Å². The Morgan fingerprint density at radius 2 is 1.78 bits per heavy atom.